The van der Waals surface area contributed by atoms with Crippen LogP contribution >= 0.6 is 0 Å². The second-order valence-electron chi connectivity index (χ2n) is 3.50. The standard InChI is InChI=1S/C11H21NO2/c1-5-12-11(8-10(3)13)9(2)6-7-14-4/h5,9,11,13H,3,6-8H2,1-2,4H3. The molecule has 0 saturated carbocycles. The Hall–Kier alpha value is -0.830. The fraction of sp³-hybridized carbons (Fsp3) is 0.727. The van der Waals surface area contributed by atoms with Crippen LogP contribution in [0.25, 0.3) is 0 Å². The van der Waals surface area contributed by atoms with E-state index in [-0.39, 0.29) is 11.8 Å². The molecule has 0 aliphatic rings. The molecule has 3 heteroatoms. The van der Waals surface area contributed by atoms with Crippen molar-refractivity contribution >= 4 is 6.21 Å². The van der Waals surface area contributed by atoms with E-state index in [1.165, 1.54) is 0 Å². The van der Waals surface area contributed by atoms with Gasteiger partial charge < -0.3 is 9.84 Å². The lowest BCUT2D eigenvalue weighted by Crippen LogP contribution is -2.18. The number of hydrogen-bond donors (Lipinski definition) is 1. The molecule has 3 nitrogen and oxygen atoms in total. The molecular weight excluding hydrogens is 178 g/mol. The van der Waals surface area contributed by atoms with Gasteiger partial charge in [-0.1, -0.05) is 13.5 Å². The molecule has 0 saturated heterocycles. The highest BCUT2D eigenvalue weighted by atomic mass is 16.5. The Bertz CT molecular complexity index is 190. The number of aliphatic hydroxyl groups excluding tert-OH is 1. The molecular formula is C11H21NO2. The van der Waals surface area contributed by atoms with Crippen LogP contribution in [0.4, 0.5) is 0 Å². The molecule has 0 amide bonds. The monoisotopic (exact) mass is 199 g/mol. The number of aliphatic hydroxyl groups is 1. The molecule has 14 heavy (non-hydrogen) atoms. The minimum absolute atomic E-state index is 0.118. The van der Waals surface area contributed by atoms with Gasteiger partial charge in [-0.15, -0.1) is 0 Å². The quantitative estimate of drug-likeness (QED) is 0.506. The van der Waals surface area contributed by atoms with Crippen LogP contribution in [-0.4, -0.2) is 31.1 Å². The second-order valence-corrected chi connectivity index (χ2v) is 3.50. The van der Waals surface area contributed by atoms with E-state index in [1.54, 1.807) is 13.3 Å². The van der Waals surface area contributed by atoms with E-state index in [2.05, 4.69) is 18.5 Å². The largest absolute Gasteiger partial charge is 0.513 e. The third-order valence-electron chi connectivity index (χ3n) is 2.22. The van der Waals surface area contributed by atoms with Crippen molar-refractivity contribution in [1.82, 2.24) is 0 Å². The van der Waals surface area contributed by atoms with Crippen LogP contribution in [0.3, 0.4) is 0 Å². The van der Waals surface area contributed by atoms with Crippen LogP contribution in [0.5, 0.6) is 0 Å². The highest BCUT2D eigenvalue weighted by molar-refractivity contribution is 5.53. The number of methoxy groups -OCH3 is 1. The highest BCUT2D eigenvalue weighted by Gasteiger charge is 2.16. The maximum atomic E-state index is 9.12. The van der Waals surface area contributed by atoms with Crippen molar-refractivity contribution in [3.05, 3.63) is 12.3 Å². The van der Waals surface area contributed by atoms with Crippen molar-refractivity contribution in [3.63, 3.8) is 0 Å². The van der Waals surface area contributed by atoms with Crippen molar-refractivity contribution in [2.45, 2.75) is 32.7 Å². The van der Waals surface area contributed by atoms with E-state index < -0.39 is 0 Å². The fourth-order valence-corrected chi connectivity index (χ4v) is 1.33. The molecule has 0 aromatic heterocycles. The Kier molecular flexibility index (Phi) is 7.11. The SMILES string of the molecule is C=C(O)CC(N=CC)C(C)CCOC. The first-order chi connectivity index (χ1) is 6.61. The van der Waals surface area contributed by atoms with Gasteiger partial charge in [0, 0.05) is 20.1 Å². The number of rotatable bonds is 7. The minimum atomic E-state index is 0.118. The van der Waals surface area contributed by atoms with Gasteiger partial charge in [-0.3, -0.25) is 4.99 Å². The van der Waals surface area contributed by atoms with Gasteiger partial charge in [0.2, 0.25) is 0 Å². The van der Waals surface area contributed by atoms with Gasteiger partial charge in [0.05, 0.1) is 11.8 Å². The lowest BCUT2D eigenvalue weighted by molar-refractivity contribution is 0.173. The van der Waals surface area contributed by atoms with Crippen molar-refractivity contribution in [2.75, 3.05) is 13.7 Å². The Morgan fingerprint density at radius 2 is 2.29 bits per heavy atom. The molecule has 2 atom stereocenters. The Balaban J connectivity index is 4.10. The molecule has 0 fully saturated rings. The van der Waals surface area contributed by atoms with Gasteiger partial charge in [-0.2, -0.15) is 0 Å². The van der Waals surface area contributed by atoms with E-state index in [0.717, 1.165) is 13.0 Å². The molecule has 2 unspecified atom stereocenters. The molecule has 0 radical (unpaired) electrons. The summed E-state index contributed by atoms with van der Waals surface area (Å²) in [5.41, 5.74) is 0. The summed E-state index contributed by atoms with van der Waals surface area (Å²) < 4.78 is 5.01. The first-order valence-corrected chi connectivity index (χ1v) is 4.95. The third kappa shape index (κ3) is 5.75. The first kappa shape index (κ1) is 13.2. The van der Waals surface area contributed by atoms with Gasteiger partial charge in [-0.05, 0) is 25.5 Å². The zero-order valence-electron chi connectivity index (χ0n) is 9.36. The van der Waals surface area contributed by atoms with Crippen molar-refractivity contribution in [2.24, 2.45) is 10.9 Å². The van der Waals surface area contributed by atoms with E-state index in [9.17, 15) is 0 Å². The highest BCUT2D eigenvalue weighted by Crippen LogP contribution is 2.17. The van der Waals surface area contributed by atoms with E-state index >= 15 is 0 Å². The molecule has 0 heterocycles. The molecule has 0 aliphatic heterocycles. The van der Waals surface area contributed by atoms with Crippen LogP contribution in [0.2, 0.25) is 0 Å². The summed E-state index contributed by atoms with van der Waals surface area (Å²) in [5.74, 6) is 0.597. The third-order valence-corrected chi connectivity index (χ3v) is 2.22. The average molecular weight is 199 g/mol. The van der Waals surface area contributed by atoms with E-state index in [0.29, 0.717) is 12.3 Å². The van der Waals surface area contributed by atoms with Crippen molar-refractivity contribution in [1.29, 1.82) is 0 Å². The van der Waals surface area contributed by atoms with Gasteiger partial charge in [0.1, 0.15) is 0 Å². The normalized spacial score (nSPS) is 15.6. The molecule has 0 aromatic rings. The Morgan fingerprint density at radius 3 is 2.71 bits per heavy atom. The van der Waals surface area contributed by atoms with Crippen LogP contribution in [0.1, 0.15) is 26.7 Å². The molecule has 1 N–H and O–H groups in total. The predicted octanol–water partition coefficient (Wildman–Crippen LogP) is 2.58. The van der Waals surface area contributed by atoms with Gasteiger partial charge in [0.15, 0.2) is 0 Å². The maximum absolute atomic E-state index is 9.12. The molecule has 0 aliphatic carbocycles. The van der Waals surface area contributed by atoms with E-state index in [1.807, 2.05) is 6.92 Å². The molecule has 82 valence electrons. The van der Waals surface area contributed by atoms with Crippen molar-refractivity contribution < 1.29 is 9.84 Å². The Labute approximate surface area is 86.5 Å². The van der Waals surface area contributed by atoms with Crippen LogP contribution < -0.4 is 0 Å². The number of aliphatic imine (C=N–C) groups is 1. The maximum Gasteiger partial charge on any atom is 0.0872 e. The number of ether oxygens (including phenoxy) is 1. The van der Waals surface area contributed by atoms with Crippen molar-refractivity contribution in [3.8, 4) is 0 Å². The summed E-state index contributed by atoms with van der Waals surface area (Å²) in [4.78, 5) is 4.32. The minimum Gasteiger partial charge on any atom is -0.513 e. The Morgan fingerprint density at radius 1 is 1.64 bits per heavy atom. The van der Waals surface area contributed by atoms with E-state index in [4.69, 9.17) is 9.84 Å². The lowest BCUT2D eigenvalue weighted by Gasteiger charge is -2.19. The summed E-state index contributed by atoms with van der Waals surface area (Å²) in [5, 5.41) is 9.12. The van der Waals surface area contributed by atoms with Gasteiger partial charge >= 0.3 is 0 Å². The molecule has 0 spiro atoms. The van der Waals surface area contributed by atoms with Gasteiger partial charge in [-0.25, -0.2) is 0 Å². The zero-order chi connectivity index (χ0) is 11.0. The summed E-state index contributed by atoms with van der Waals surface area (Å²) >= 11 is 0. The van der Waals surface area contributed by atoms with Crippen LogP contribution in [0.15, 0.2) is 17.3 Å². The summed E-state index contributed by atoms with van der Waals surface area (Å²) in [6.07, 6.45) is 3.26. The zero-order valence-corrected chi connectivity index (χ0v) is 9.36. The number of hydrogen-bond acceptors (Lipinski definition) is 3. The van der Waals surface area contributed by atoms with Crippen LogP contribution in [-0.2, 0) is 4.74 Å². The summed E-state index contributed by atoms with van der Waals surface area (Å²) in [6.45, 7) is 8.22. The predicted molar refractivity (Wildman–Crippen MR) is 60.0 cm³/mol. The second kappa shape index (κ2) is 7.56. The smallest absolute Gasteiger partial charge is 0.0872 e. The number of nitrogens with zero attached hydrogens (tertiary/aromatic N) is 1. The first-order valence-electron chi connectivity index (χ1n) is 4.95. The summed E-state index contributed by atoms with van der Waals surface area (Å²) in [7, 11) is 1.69. The average Bonchev–Trinajstić information content (AvgIpc) is 2.13. The van der Waals surface area contributed by atoms with Crippen LogP contribution in [0, 0.1) is 5.92 Å². The molecule has 0 bridgehead atoms. The van der Waals surface area contributed by atoms with Gasteiger partial charge in [0.25, 0.3) is 0 Å². The summed E-state index contributed by atoms with van der Waals surface area (Å²) in [6, 6.07) is 0.118. The lowest BCUT2D eigenvalue weighted by atomic mass is 9.96. The molecule has 0 aromatic carbocycles. The molecule has 0 rings (SSSR count). The fourth-order valence-electron chi connectivity index (χ4n) is 1.33. The topological polar surface area (TPSA) is 41.8 Å².